The van der Waals surface area contributed by atoms with Crippen LogP contribution < -0.4 is 5.32 Å². The molecular formula is C16H19FN2O2. The number of aliphatic hydroxyl groups is 1. The molecule has 21 heavy (non-hydrogen) atoms. The number of rotatable bonds is 6. The van der Waals surface area contributed by atoms with Crippen LogP contribution in [0.3, 0.4) is 0 Å². The molecule has 0 aliphatic heterocycles. The lowest BCUT2D eigenvalue weighted by Crippen LogP contribution is -2.18. The molecule has 1 amide bonds. The molecule has 2 rings (SSSR count). The lowest BCUT2D eigenvalue weighted by atomic mass is 10.1. The molecule has 1 unspecified atom stereocenters. The van der Waals surface area contributed by atoms with Gasteiger partial charge in [0, 0.05) is 12.4 Å². The minimum absolute atomic E-state index is 0.0766. The quantitative estimate of drug-likeness (QED) is 0.859. The Morgan fingerprint density at radius 3 is 2.86 bits per heavy atom. The van der Waals surface area contributed by atoms with Gasteiger partial charge in [0.2, 0.25) is 5.91 Å². The number of nitrogens with zero attached hydrogens (tertiary/aromatic N) is 1. The zero-order chi connectivity index (χ0) is 15.2. The van der Waals surface area contributed by atoms with Crippen molar-refractivity contribution < 1.29 is 14.3 Å². The molecule has 0 radical (unpaired) electrons. The summed E-state index contributed by atoms with van der Waals surface area (Å²) >= 11 is 0. The molecular weight excluding hydrogens is 271 g/mol. The standard InChI is InChI=1S/C16H19FN2O2/c1-2-5-15(20)12-8-9-19(10-12)11-16(21)18-14-7-4-3-6-13(14)17/h3-4,6-10,15,20H,2,5,11H2,1H3,(H,18,21). The third kappa shape index (κ3) is 4.16. The molecule has 0 saturated heterocycles. The average Bonchev–Trinajstić information content (AvgIpc) is 2.90. The van der Waals surface area contributed by atoms with E-state index in [0.29, 0.717) is 6.42 Å². The van der Waals surface area contributed by atoms with Crippen LogP contribution in [0, 0.1) is 5.82 Å². The van der Waals surface area contributed by atoms with Gasteiger partial charge < -0.3 is 15.0 Å². The average molecular weight is 290 g/mol. The second-order valence-corrected chi connectivity index (χ2v) is 4.95. The summed E-state index contributed by atoms with van der Waals surface area (Å²) in [5, 5.41) is 12.4. The molecule has 1 heterocycles. The highest BCUT2D eigenvalue weighted by atomic mass is 19.1. The first-order chi connectivity index (χ1) is 10.1. The maximum Gasteiger partial charge on any atom is 0.244 e. The molecule has 2 aromatic rings. The van der Waals surface area contributed by atoms with Gasteiger partial charge in [-0.25, -0.2) is 4.39 Å². The van der Waals surface area contributed by atoms with Crippen LogP contribution >= 0.6 is 0 Å². The van der Waals surface area contributed by atoms with Gasteiger partial charge in [-0.1, -0.05) is 25.5 Å². The fourth-order valence-corrected chi connectivity index (χ4v) is 2.11. The van der Waals surface area contributed by atoms with E-state index in [9.17, 15) is 14.3 Å². The summed E-state index contributed by atoms with van der Waals surface area (Å²) in [6, 6.07) is 7.83. The number of aliphatic hydroxyl groups excluding tert-OH is 1. The van der Waals surface area contributed by atoms with E-state index in [-0.39, 0.29) is 18.1 Å². The largest absolute Gasteiger partial charge is 0.388 e. The summed E-state index contributed by atoms with van der Waals surface area (Å²) in [5.74, 6) is -0.773. The number of amides is 1. The van der Waals surface area contributed by atoms with Crippen LogP contribution in [0.15, 0.2) is 42.7 Å². The molecule has 2 N–H and O–H groups in total. The van der Waals surface area contributed by atoms with Crippen molar-refractivity contribution in [1.29, 1.82) is 0 Å². The topological polar surface area (TPSA) is 54.3 Å². The fourth-order valence-electron chi connectivity index (χ4n) is 2.11. The number of hydrogen-bond donors (Lipinski definition) is 2. The highest BCUT2D eigenvalue weighted by molar-refractivity contribution is 5.90. The maximum absolute atomic E-state index is 13.4. The molecule has 1 aromatic heterocycles. The number of hydrogen-bond acceptors (Lipinski definition) is 2. The van der Waals surface area contributed by atoms with Crippen LogP contribution in [-0.2, 0) is 11.3 Å². The van der Waals surface area contributed by atoms with Crippen molar-refractivity contribution in [3.05, 3.63) is 54.1 Å². The monoisotopic (exact) mass is 290 g/mol. The van der Waals surface area contributed by atoms with Crippen molar-refractivity contribution in [1.82, 2.24) is 4.57 Å². The van der Waals surface area contributed by atoms with Crippen molar-refractivity contribution in [2.45, 2.75) is 32.4 Å². The van der Waals surface area contributed by atoms with Gasteiger partial charge in [-0.05, 0) is 30.2 Å². The number of anilines is 1. The van der Waals surface area contributed by atoms with Gasteiger partial charge in [-0.2, -0.15) is 0 Å². The zero-order valence-electron chi connectivity index (χ0n) is 11.9. The van der Waals surface area contributed by atoms with Gasteiger partial charge in [0.25, 0.3) is 0 Å². The maximum atomic E-state index is 13.4. The SMILES string of the molecule is CCCC(O)c1ccn(CC(=O)Nc2ccccc2F)c1. The summed E-state index contributed by atoms with van der Waals surface area (Å²) in [4.78, 5) is 11.9. The van der Waals surface area contributed by atoms with E-state index in [2.05, 4.69) is 5.32 Å². The van der Waals surface area contributed by atoms with Crippen LogP contribution in [0.1, 0.15) is 31.4 Å². The van der Waals surface area contributed by atoms with Gasteiger partial charge >= 0.3 is 0 Å². The summed E-state index contributed by atoms with van der Waals surface area (Å²) in [6.45, 7) is 2.08. The van der Waals surface area contributed by atoms with Crippen LogP contribution in [0.25, 0.3) is 0 Å². The molecule has 1 aromatic carbocycles. The highest BCUT2D eigenvalue weighted by Crippen LogP contribution is 2.18. The number of nitrogens with one attached hydrogen (secondary N) is 1. The van der Waals surface area contributed by atoms with E-state index >= 15 is 0 Å². The molecule has 1 atom stereocenters. The summed E-state index contributed by atoms with van der Waals surface area (Å²) in [7, 11) is 0. The molecule has 112 valence electrons. The predicted molar refractivity (Wildman–Crippen MR) is 79.3 cm³/mol. The third-order valence-corrected chi connectivity index (χ3v) is 3.19. The van der Waals surface area contributed by atoms with E-state index in [1.807, 2.05) is 6.92 Å². The molecule has 4 nitrogen and oxygen atoms in total. The van der Waals surface area contributed by atoms with Crippen molar-refractivity contribution >= 4 is 11.6 Å². The molecule has 5 heteroatoms. The first-order valence-corrected chi connectivity index (χ1v) is 6.98. The summed E-state index contributed by atoms with van der Waals surface area (Å²) in [6.07, 6.45) is 4.54. The Balaban J connectivity index is 1.96. The Kier molecular flexibility index (Phi) is 5.11. The first kappa shape index (κ1) is 15.3. The fraction of sp³-hybridized carbons (Fsp3) is 0.312. The van der Waals surface area contributed by atoms with E-state index in [1.54, 1.807) is 35.2 Å². The number of aromatic nitrogens is 1. The molecule has 0 aliphatic carbocycles. The number of para-hydroxylation sites is 1. The Morgan fingerprint density at radius 2 is 2.14 bits per heavy atom. The lowest BCUT2D eigenvalue weighted by molar-refractivity contribution is -0.116. The van der Waals surface area contributed by atoms with Crippen molar-refractivity contribution in [3.8, 4) is 0 Å². The Hall–Kier alpha value is -2.14. The van der Waals surface area contributed by atoms with Gasteiger partial charge in [-0.15, -0.1) is 0 Å². The van der Waals surface area contributed by atoms with Crippen LogP contribution in [0.4, 0.5) is 10.1 Å². The number of carbonyl (C=O) groups is 1. The van der Waals surface area contributed by atoms with E-state index in [4.69, 9.17) is 0 Å². The van der Waals surface area contributed by atoms with Gasteiger partial charge in [0.05, 0.1) is 11.8 Å². The van der Waals surface area contributed by atoms with Gasteiger partial charge in [0.1, 0.15) is 12.4 Å². The van der Waals surface area contributed by atoms with E-state index < -0.39 is 11.9 Å². The van der Waals surface area contributed by atoms with Crippen molar-refractivity contribution in [3.63, 3.8) is 0 Å². The normalized spacial score (nSPS) is 12.1. The summed E-state index contributed by atoms with van der Waals surface area (Å²) < 4.78 is 15.1. The predicted octanol–water partition coefficient (Wildman–Crippen LogP) is 3.10. The van der Waals surface area contributed by atoms with Crippen molar-refractivity contribution in [2.24, 2.45) is 0 Å². The zero-order valence-corrected chi connectivity index (χ0v) is 11.9. The Morgan fingerprint density at radius 1 is 1.38 bits per heavy atom. The van der Waals surface area contributed by atoms with Crippen LogP contribution in [0.5, 0.6) is 0 Å². The van der Waals surface area contributed by atoms with Gasteiger partial charge in [-0.3, -0.25) is 4.79 Å². The highest BCUT2D eigenvalue weighted by Gasteiger charge is 2.10. The summed E-state index contributed by atoms with van der Waals surface area (Å²) in [5.41, 5.74) is 0.955. The molecule has 0 aliphatic rings. The first-order valence-electron chi connectivity index (χ1n) is 6.98. The number of halogens is 1. The molecule has 0 fully saturated rings. The van der Waals surface area contributed by atoms with Crippen molar-refractivity contribution in [2.75, 3.05) is 5.32 Å². The van der Waals surface area contributed by atoms with Gasteiger partial charge in [0.15, 0.2) is 0 Å². The number of benzene rings is 1. The second kappa shape index (κ2) is 7.04. The minimum Gasteiger partial charge on any atom is -0.388 e. The third-order valence-electron chi connectivity index (χ3n) is 3.19. The minimum atomic E-state index is -0.508. The number of carbonyl (C=O) groups excluding carboxylic acids is 1. The second-order valence-electron chi connectivity index (χ2n) is 4.95. The smallest absolute Gasteiger partial charge is 0.244 e. The Bertz CT molecular complexity index is 610. The molecule has 0 spiro atoms. The molecule has 0 saturated carbocycles. The molecule has 0 bridgehead atoms. The van der Waals surface area contributed by atoms with Crippen LogP contribution in [0.2, 0.25) is 0 Å². The lowest BCUT2D eigenvalue weighted by Gasteiger charge is -2.08. The van der Waals surface area contributed by atoms with Crippen LogP contribution in [-0.4, -0.2) is 15.6 Å². The van der Waals surface area contributed by atoms with E-state index in [0.717, 1.165) is 12.0 Å². The Labute approximate surface area is 123 Å². The van der Waals surface area contributed by atoms with E-state index in [1.165, 1.54) is 12.1 Å².